The van der Waals surface area contributed by atoms with Crippen LogP contribution >= 0.6 is 23.6 Å². The van der Waals surface area contributed by atoms with Gasteiger partial charge in [-0.25, -0.2) is 4.79 Å². The zero-order valence-electron chi connectivity index (χ0n) is 17.5. The molecule has 1 aromatic rings. The quantitative estimate of drug-likeness (QED) is 0.265. The fraction of sp³-hybridized carbons (Fsp3) is 0.727. The summed E-state index contributed by atoms with van der Waals surface area (Å²) in [6.07, 6.45) is 14.4. The van der Waals surface area contributed by atoms with Crippen LogP contribution in [0.1, 0.15) is 98.9 Å². The van der Waals surface area contributed by atoms with Crippen LogP contribution in [0.3, 0.4) is 0 Å². The molecule has 1 aromatic heterocycles. The van der Waals surface area contributed by atoms with E-state index >= 15 is 0 Å². The number of carbonyl (C=O) groups excluding carboxylic acids is 1. The fourth-order valence-corrected chi connectivity index (χ4v) is 5.23. The van der Waals surface area contributed by atoms with E-state index in [0.717, 1.165) is 37.2 Å². The largest absolute Gasteiger partial charge is 0.462 e. The average Bonchev–Trinajstić information content (AvgIpc) is 2.97. The van der Waals surface area contributed by atoms with Gasteiger partial charge in [0.2, 0.25) is 0 Å². The lowest BCUT2D eigenvalue weighted by molar-refractivity contribution is 0.0526. The number of thiophene rings is 1. The van der Waals surface area contributed by atoms with Crippen molar-refractivity contribution in [1.82, 2.24) is 5.32 Å². The minimum Gasteiger partial charge on any atom is -0.462 e. The molecule has 1 aliphatic rings. The van der Waals surface area contributed by atoms with Crippen molar-refractivity contribution in [3.63, 3.8) is 0 Å². The molecule has 0 atom stereocenters. The van der Waals surface area contributed by atoms with Crippen molar-refractivity contribution in [3.05, 3.63) is 16.0 Å². The standard InChI is InChI=1S/C22H36N2O2S2/c1-3-5-6-7-10-13-16-23-22(27)24-20-19(21(25)26-4-2)17-14-11-8-9-12-15-18(17)28-20/h3-16H2,1-2H3,(H2,23,24,27). The first-order valence-electron chi connectivity index (χ1n) is 11.0. The lowest BCUT2D eigenvalue weighted by Crippen LogP contribution is -2.29. The molecule has 0 saturated carbocycles. The van der Waals surface area contributed by atoms with E-state index < -0.39 is 0 Å². The Bertz CT molecular complexity index is 628. The van der Waals surface area contributed by atoms with E-state index in [1.807, 2.05) is 6.92 Å². The molecule has 6 heteroatoms. The Kier molecular flexibility index (Phi) is 10.9. The van der Waals surface area contributed by atoms with Crippen LogP contribution in [0.25, 0.3) is 0 Å². The van der Waals surface area contributed by atoms with Gasteiger partial charge in [-0.1, -0.05) is 51.9 Å². The number of thiocarbonyl (C=S) groups is 1. The summed E-state index contributed by atoms with van der Waals surface area (Å²) in [5, 5.41) is 8.05. The number of esters is 1. The highest BCUT2D eigenvalue weighted by atomic mass is 32.1. The lowest BCUT2D eigenvalue weighted by atomic mass is 9.96. The number of hydrogen-bond donors (Lipinski definition) is 2. The molecule has 1 heterocycles. The Morgan fingerprint density at radius 1 is 1.04 bits per heavy atom. The molecule has 158 valence electrons. The molecule has 0 spiro atoms. The number of ether oxygens (including phenoxy) is 1. The van der Waals surface area contributed by atoms with Crippen molar-refractivity contribution < 1.29 is 9.53 Å². The monoisotopic (exact) mass is 424 g/mol. The van der Waals surface area contributed by atoms with Gasteiger partial charge in [0.15, 0.2) is 5.11 Å². The molecular formula is C22H36N2O2S2. The molecule has 0 unspecified atom stereocenters. The first-order chi connectivity index (χ1) is 13.7. The van der Waals surface area contributed by atoms with Crippen molar-refractivity contribution in [2.75, 3.05) is 18.5 Å². The molecule has 0 aromatic carbocycles. The fourth-order valence-electron chi connectivity index (χ4n) is 3.68. The third-order valence-corrected chi connectivity index (χ3v) is 6.65. The predicted octanol–water partition coefficient (Wildman–Crippen LogP) is 6.23. The molecule has 0 aliphatic heterocycles. The summed E-state index contributed by atoms with van der Waals surface area (Å²) in [5.41, 5.74) is 1.90. The van der Waals surface area contributed by atoms with Crippen molar-refractivity contribution >= 4 is 39.6 Å². The summed E-state index contributed by atoms with van der Waals surface area (Å²) in [5.74, 6) is -0.221. The Balaban J connectivity index is 1.96. The average molecular weight is 425 g/mol. The first kappa shape index (κ1) is 23.1. The Morgan fingerprint density at radius 2 is 1.75 bits per heavy atom. The lowest BCUT2D eigenvalue weighted by Gasteiger charge is -2.12. The molecule has 0 amide bonds. The zero-order valence-corrected chi connectivity index (χ0v) is 19.2. The normalized spacial score (nSPS) is 13.9. The highest BCUT2D eigenvalue weighted by Gasteiger charge is 2.25. The molecule has 4 nitrogen and oxygen atoms in total. The highest BCUT2D eigenvalue weighted by Crippen LogP contribution is 2.37. The maximum atomic E-state index is 12.6. The number of rotatable bonds is 10. The number of hydrogen-bond acceptors (Lipinski definition) is 4. The summed E-state index contributed by atoms with van der Waals surface area (Å²) in [6, 6.07) is 0. The van der Waals surface area contributed by atoms with Crippen molar-refractivity contribution in [2.24, 2.45) is 0 Å². The van der Waals surface area contributed by atoms with Crippen LogP contribution in [-0.4, -0.2) is 24.2 Å². The van der Waals surface area contributed by atoms with E-state index in [1.165, 1.54) is 61.8 Å². The molecule has 2 rings (SSSR count). The maximum absolute atomic E-state index is 12.6. The van der Waals surface area contributed by atoms with E-state index in [-0.39, 0.29) is 5.97 Å². The summed E-state index contributed by atoms with van der Waals surface area (Å²) < 4.78 is 5.36. The van der Waals surface area contributed by atoms with Gasteiger partial charge in [-0.2, -0.15) is 0 Å². The number of fused-ring (bicyclic) bond motifs is 1. The third kappa shape index (κ3) is 7.36. The van der Waals surface area contributed by atoms with Gasteiger partial charge in [0, 0.05) is 11.4 Å². The molecule has 28 heavy (non-hydrogen) atoms. The van der Waals surface area contributed by atoms with Crippen LogP contribution < -0.4 is 10.6 Å². The van der Waals surface area contributed by atoms with Crippen LogP contribution in [0.2, 0.25) is 0 Å². The van der Waals surface area contributed by atoms with Gasteiger partial charge in [-0.3, -0.25) is 0 Å². The van der Waals surface area contributed by atoms with Crippen LogP contribution in [0.15, 0.2) is 0 Å². The predicted molar refractivity (Wildman–Crippen MR) is 124 cm³/mol. The van der Waals surface area contributed by atoms with E-state index in [4.69, 9.17) is 17.0 Å². The molecule has 2 N–H and O–H groups in total. The van der Waals surface area contributed by atoms with Crippen LogP contribution in [0.4, 0.5) is 5.00 Å². The van der Waals surface area contributed by atoms with Gasteiger partial charge >= 0.3 is 5.97 Å². The molecule has 1 aliphatic carbocycles. The zero-order chi connectivity index (χ0) is 20.2. The van der Waals surface area contributed by atoms with Gasteiger partial charge in [-0.15, -0.1) is 11.3 Å². The minimum atomic E-state index is -0.221. The first-order valence-corrected chi connectivity index (χ1v) is 12.3. The van der Waals surface area contributed by atoms with Crippen molar-refractivity contribution in [3.8, 4) is 0 Å². The van der Waals surface area contributed by atoms with Crippen LogP contribution in [0.5, 0.6) is 0 Å². The van der Waals surface area contributed by atoms with Crippen molar-refractivity contribution in [1.29, 1.82) is 0 Å². The molecule has 0 radical (unpaired) electrons. The Labute approximate surface area is 179 Å². The molecule has 0 fully saturated rings. The number of aryl methyl sites for hydroxylation is 1. The summed E-state index contributed by atoms with van der Waals surface area (Å²) in [6.45, 7) is 5.36. The van der Waals surface area contributed by atoms with E-state index in [9.17, 15) is 4.79 Å². The van der Waals surface area contributed by atoms with E-state index in [1.54, 1.807) is 11.3 Å². The summed E-state index contributed by atoms with van der Waals surface area (Å²) in [7, 11) is 0. The van der Waals surface area contributed by atoms with Gasteiger partial charge in [0.1, 0.15) is 5.00 Å². The van der Waals surface area contributed by atoms with Gasteiger partial charge in [-0.05, 0) is 56.8 Å². The van der Waals surface area contributed by atoms with Gasteiger partial charge in [0.25, 0.3) is 0 Å². The smallest absolute Gasteiger partial charge is 0.341 e. The second kappa shape index (κ2) is 13.2. The maximum Gasteiger partial charge on any atom is 0.341 e. The molecular weight excluding hydrogens is 388 g/mol. The van der Waals surface area contributed by atoms with Crippen LogP contribution in [0, 0.1) is 0 Å². The summed E-state index contributed by atoms with van der Waals surface area (Å²) >= 11 is 7.17. The SMILES string of the molecule is CCCCCCCCNC(=S)Nc1sc2c(c1C(=O)OCC)CCCCCC2. The van der Waals surface area contributed by atoms with Crippen LogP contribution in [-0.2, 0) is 17.6 Å². The second-order valence-electron chi connectivity index (χ2n) is 7.49. The van der Waals surface area contributed by atoms with Gasteiger partial charge in [0.05, 0.1) is 12.2 Å². The number of unbranched alkanes of at least 4 members (excludes halogenated alkanes) is 5. The summed E-state index contributed by atoms with van der Waals surface area (Å²) in [4.78, 5) is 14.0. The van der Waals surface area contributed by atoms with Gasteiger partial charge < -0.3 is 15.4 Å². The minimum absolute atomic E-state index is 0.221. The highest BCUT2D eigenvalue weighted by molar-refractivity contribution is 7.80. The Hall–Kier alpha value is -1.14. The molecule has 0 bridgehead atoms. The van der Waals surface area contributed by atoms with E-state index in [0.29, 0.717) is 17.3 Å². The number of anilines is 1. The number of carbonyl (C=O) groups is 1. The topological polar surface area (TPSA) is 50.4 Å². The Morgan fingerprint density at radius 3 is 2.50 bits per heavy atom. The molecule has 0 saturated heterocycles. The number of nitrogens with one attached hydrogen (secondary N) is 2. The third-order valence-electron chi connectivity index (χ3n) is 5.19. The second-order valence-corrected chi connectivity index (χ2v) is 9.00. The van der Waals surface area contributed by atoms with E-state index in [2.05, 4.69) is 17.6 Å². The van der Waals surface area contributed by atoms with Crippen molar-refractivity contribution in [2.45, 2.75) is 90.9 Å².